The fraction of sp³-hybridized carbons (Fsp3) is 1.00. The maximum atomic E-state index is 8.20. The molecular weight excluding hydrogens is 419 g/mol. The summed E-state index contributed by atoms with van der Waals surface area (Å²) in [7, 11) is 3.85. The predicted molar refractivity (Wildman–Crippen MR) is 76.7 cm³/mol. The Balaban J connectivity index is -0.0000000287. The van der Waals surface area contributed by atoms with Crippen molar-refractivity contribution in [2.75, 3.05) is 53.7 Å². The zero-order valence-electron chi connectivity index (χ0n) is 13.4. The molecule has 0 atom stereocenters. The van der Waals surface area contributed by atoms with Gasteiger partial charge in [0.1, 0.15) is 0 Å². The summed E-state index contributed by atoms with van der Waals surface area (Å²) in [4.78, 5) is 1.93. The van der Waals surface area contributed by atoms with Crippen molar-refractivity contribution in [3.8, 4) is 0 Å². The Morgan fingerprint density at radius 1 is 0.632 bits per heavy atom. The Morgan fingerprint density at radius 3 is 0.789 bits per heavy atom. The molecule has 0 unspecified atom stereocenters. The second-order valence-corrected chi connectivity index (χ2v) is 2.79. The van der Waals surface area contributed by atoms with Gasteiger partial charge in [0.25, 0.3) is 0 Å². The van der Waals surface area contributed by atoms with E-state index in [2.05, 4.69) is 0 Å². The number of rotatable bonds is 2. The molecule has 0 aliphatic heterocycles. The smallest absolute Gasteiger partial charge is 0.0558 e. The number of likely N-dealkylation sites (N-methyl/N-ethyl adjacent to an activating group) is 1. The van der Waals surface area contributed by atoms with Gasteiger partial charge in [-0.05, 0) is 41.8 Å². The van der Waals surface area contributed by atoms with E-state index in [1.807, 2.05) is 19.0 Å². The average molecular weight is 454 g/mol. The fourth-order valence-electron chi connectivity index (χ4n) is 0.200. The van der Waals surface area contributed by atoms with Crippen molar-refractivity contribution >= 4 is 0 Å². The van der Waals surface area contributed by atoms with E-state index in [1.165, 1.54) is 0 Å². The summed E-state index contributed by atoms with van der Waals surface area (Å²) in [5, 5.41) is 38.5. The molecule has 0 fully saturated rings. The first-order chi connectivity index (χ1) is 8.43. The number of nitrogens with zero attached hydrogens (tertiary/aromatic N) is 1. The predicted octanol–water partition coefficient (Wildman–Crippen LogP) is -0.468. The molecule has 0 aromatic carbocycles. The maximum Gasteiger partial charge on any atom is 0.0558 e. The average Bonchev–Trinajstić information content (AvgIpc) is 2.21. The van der Waals surface area contributed by atoms with Gasteiger partial charge in [0.05, 0.1) is 6.61 Å². The van der Waals surface area contributed by atoms with Gasteiger partial charge in [0.15, 0.2) is 0 Å². The van der Waals surface area contributed by atoms with E-state index in [4.69, 9.17) is 25.5 Å². The molecule has 5 N–H and O–H groups in total. The van der Waals surface area contributed by atoms with Crippen LogP contribution in [0.4, 0.5) is 0 Å². The van der Waals surface area contributed by atoms with E-state index >= 15 is 0 Å². The van der Waals surface area contributed by atoms with Crippen LogP contribution in [0.5, 0.6) is 0 Å². The molecule has 19 heavy (non-hydrogen) atoms. The van der Waals surface area contributed by atoms with E-state index in [0.717, 1.165) is 6.54 Å². The summed E-state index contributed by atoms with van der Waals surface area (Å²) in [6, 6.07) is 0. The molecule has 0 aliphatic rings. The molecule has 0 rings (SSSR count). The zero-order valence-corrected chi connectivity index (χ0v) is 16.6. The Labute approximate surface area is 134 Å². The fourth-order valence-corrected chi connectivity index (χ4v) is 0.200. The first-order valence-corrected chi connectivity index (χ1v) is 6.12. The van der Waals surface area contributed by atoms with Crippen molar-refractivity contribution in [1.29, 1.82) is 0 Å². The molecule has 0 heterocycles. The van der Waals surface area contributed by atoms with Crippen molar-refractivity contribution in [2.45, 2.75) is 27.7 Å². The molecule has 6 nitrogen and oxygen atoms in total. The van der Waals surface area contributed by atoms with Gasteiger partial charge < -0.3 is 30.4 Å². The number of hydrogen-bond acceptors (Lipinski definition) is 6. The van der Waals surface area contributed by atoms with Crippen LogP contribution in [0.3, 0.4) is 0 Å². The molecule has 7 heteroatoms. The minimum absolute atomic E-state index is 0. The van der Waals surface area contributed by atoms with Gasteiger partial charge in [0.2, 0.25) is 0 Å². The number of hydrogen-bond donors (Lipinski definition) is 5. The van der Waals surface area contributed by atoms with E-state index < -0.39 is 0 Å². The third-order valence-corrected chi connectivity index (χ3v) is 0.547. The number of aliphatic hydroxyl groups is 5. The largest absolute Gasteiger partial charge is 0.397 e. The first kappa shape index (κ1) is 36.6. The van der Waals surface area contributed by atoms with Gasteiger partial charge in [-0.15, -0.1) is 0 Å². The van der Waals surface area contributed by atoms with E-state index in [0.29, 0.717) is 0 Å². The van der Waals surface area contributed by atoms with Crippen molar-refractivity contribution in [2.24, 2.45) is 0 Å². The van der Waals surface area contributed by atoms with E-state index in [1.54, 1.807) is 27.7 Å². The number of aliphatic hydroxyl groups excluding tert-OH is 5. The second-order valence-electron chi connectivity index (χ2n) is 2.79. The van der Waals surface area contributed by atoms with Crippen LogP contribution in [0.1, 0.15) is 27.7 Å². The van der Waals surface area contributed by atoms with Gasteiger partial charge in [-0.25, -0.2) is 0 Å². The molecule has 0 aromatic rings. The zero-order chi connectivity index (χ0) is 15.8. The Morgan fingerprint density at radius 2 is 0.789 bits per heavy atom. The SMILES string of the molecule is CCO.CCO.CCO.CCO.CN(C)CCO.[Ta]. The van der Waals surface area contributed by atoms with Crippen LogP contribution in [-0.2, 0) is 22.4 Å². The Bertz CT molecular complexity index is 73.1. The van der Waals surface area contributed by atoms with Crippen LogP contribution in [0, 0.1) is 0 Å². The third kappa shape index (κ3) is 411. The topological polar surface area (TPSA) is 104 Å². The Hall–Kier alpha value is 0.500. The van der Waals surface area contributed by atoms with E-state index in [9.17, 15) is 0 Å². The maximum absolute atomic E-state index is 8.20. The normalized spacial score (nSPS) is 6.95. The molecule has 0 saturated carbocycles. The summed E-state index contributed by atoms with van der Waals surface area (Å²) in [6.45, 7) is 8.74. The van der Waals surface area contributed by atoms with Crippen molar-refractivity contribution in [3.05, 3.63) is 0 Å². The van der Waals surface area contributed by atoms with Gasteiger partial charge >= 0.3 is 0 Å². The van der Waals surface area contributed by atoms with Crippen LogP contribution in [0.15, 0.2) is 0 Å². The van der Waals surface area contributed by atoms with Crippen LogP contribution >= 0.6 is 0 Å². The molecule has 0 amide bonds. The minimum atomic E-state index is 0. The monoisotopic (exact) mass is 454 g/mol. The van der Waals surface area contributed by atoms with Crippen molar-refractivity contribution in [1.82, 2.24) is 4.90 Å². The summed E-state index contributed by atoms with van der Waals surface area (Å²) in [6.07, 6.45) is 0. The van der Waals surface area contributed by atoms with Gasteiger partial charge in [-0.2, -0.15) is 0 Å². The molecule has 1 radical (unpaired) electrons. The third-order valence-electron chi connectivity index (χ3n) is 0.547. The molecule has 0 spiro atoms. The Kier molecular flexibility index (Phi) is 121. The molecule has 0 aromatic heterocycles. The van der Waals surface area contributed by atoms with E-state index in [-0.39, 0.29) is 55.4 Å². The summed E-state index contributed by atoms with van der Waals surface area (Å²) < 4.78 is 0. The van der Waals surface area contributed by atoms with Crippen LogP contribution in [0.25, 0.3) is 0 Å². The molecule has 123 valence electrons. The van der Waals surface area contributed by atoms with Gasteiger partial charge in [-0.1, -0.05) is 0 Å². The van der Waals surface area contributed by atoms with Gasteiger partial charge in [-0.3, -0.25) is 0 Å². The molecule has 0 aliphatic carbocycles. The second kappa shape index (κ2) is 62.8. The first-order valence-electron chi connectivity index (χ1n) is 6.12. The molecule has 0 bridgehead atoms. The van der Waals surface area contributed by atoms with Crippen LogP contribution in [0.2, 0.25) is 0 Å². The molecular formula is C12H35NO5Ta. The molecule has 0 saturated heterocycles. The quantitative estimate of drug-likeness (QED) is 0.387. The minimum Gasteiger partial charge on any atom is -0.397 e. The summed E-state index contributed by atoms with van der Waals surface area (Å²) in [5.41, 5.74) is 0. The standard InChI is InChI=1S/C4H11NO.4C2H6O.Ta/c1-5(2)3-4-6;4*1-2-3;/h6H,3-4H2,1-2H3;4*3H,2H2,1H3;. The summed E-state index contributed by atoms with van der Waals surface area (Å²) >= 11 is 0. The van der Waals surface area contributed by atoms with Gasteiger partial charge in [0, 0.05) is 55.4 Å². The van der Waals surface area contributed by atoms with Crippen molar-refractivity contribution in [3.63, 3.8) is 0 Å². The van der Waals surface area contributed by atoms with Crippen LogP contribution < -0.4 is 0 Å². The summed E-state index contributed by atoms with van der Waals surface area (Å²) in [5.74, 6) is 0. The van der Waals surface area contributed by atoms with Crippen molar-refractivity contribution < 1.29 is 47.9 Å². The van der Waals surface area contributed by atoms with Crippen LogP contribution in [-0.4, -0.2) is 84.1 Å².